The quantitative estimate of drug-likeness (QED) is 0.580. The molecule has 158 valence electrons. The zero-order valence-electron chi connectivity index (χ0n) is 16.9. The van der Waals surface area contributed by atoms with Crippen molar-refractivity contribution in [1.82, 2.24) is 4.90 Å². The Kier molecular flexibility index (Phi) is 7.98. The van der Waals surface area contributed by atoms with Gasteiger partial charge < -0.3 is 15.0 Å². The third kappa shape index (κ3) is 6.40. The summed E-state index contributed by atoms with van der Waals surface area (Å²) in [5.74, 6) is 0.657. The number of aryl methyl sites for hydroxylation is 1. The number of ether oxygens (including phenoxy) is 1. The van der Waals surface area contributed by atoms with Crippen LogP contribution in [0.4, 0.5) is 18.9 Å². The highest BCUT2D eigenvalue weighted by atomic mass is 32.2. The van der Waals surface area contributed by atoms with Crippen LogP contribution in [0.5, 0.6) is 5.75 Å². The van der Waals surface area contributed by atoms with Crippen molar-refractivity contribution in [3.63, 3.8) is 0 Å². The molecule has 0 aliphatic carbocycles. The Balaban J connectivity index is 2.33. The summed E-state index contributed by atoms with van der Waals surface area (Å²) >= 11 is 1.55. The number of carbonyl (C=O) groups excluding carboxylic acids is 1. The number of para-hydroxylation sites is 1. The number of benzene rings is 2. The van der Waals surface area contributed by atoms with Crippen molar-refractivity contribution in [3.05, 3.63) is 53.1 Å². The van der Waals surface area contributed by atoms with E-state index in [4.69, 9.17) is 4.74 Å². The minimum atomic E-state index is -4.52. The zero-order valence-corrected chi connectivity index (χ0v) is 17.7. The molecule has 29 heavy (non-hydrogen) atoms. The first-order valence-corrected chi connectivity index (χ1v) is 10.1. The van der Waals surface area contributed by atoms with Crippen LogP contribution in [0.25, 0.3) is 0 Å². The molecule has 0 atom stereocenters. The number of halogens is 3. The number of amides is 1. The average molecular weight is 427 g/mol. The van der Waals surface area contributed by atoms with Crippen LogP contribution in [0.2, 0.25) is 0 Å². The minimum absolute atomic E-state index is 0.0570. The summed E-state index contributed by atoms with van der Waals surface area (Å²) in [7, 11) is 3.94. The molecule has 2 rings (SSSR count). The van der Waals surface area contributed by atoms with E-state index in [-0.39, 0.29) is 11.1 Å². The smallest absolute Gasteiger partial charge is 0.416 e. The Morgan fingerprint density at radius 1 is 1.21 bits per heavy atom. The standard InChI is InChI=1S/C21H25F3N2O2S/c1-5-28-17-7-6-8-18(29-12-11-26(3)4)19(17)25-20(27)15-10-9-14(2)16(13-15)21(22,23)24/h6-10,13H,5,11-12H2,1-4H3,(H,25,27). The molecule has 1 amide bonds. The first-order chi connectivity index (χ1) is 13.6. The molecule has 0 heterocycles. The average Bonchev–Trinajstić information content (AvgIpc) is 2.63. The highest BCUT2D eigenvalue weighted by molar-refractivity contribution is 7.99. The Morgan fingerprint density at radius 3 is 2.55 bits per heavy atom. The van der Waals surface area contributed by atoms with E-state index >= 15 is 0 Å². The lowest BCUT2D eigenvalue weighted by Crippen LogP contribution is -2.17. The maximum atomic E-state index is 13.2. The number of hydrogen-bond donors (Lipinski definition) is 1. The molecular weight excluding hydrogens is 401 g/mol. The van der Waals surface area contributed by atoms with Gasteiger partial charge in [-0.15, -0.1) is 11.8 Å². The van der Waals surface area contributed by atoms with E-state index < -0.39 is 17.6 Å². The summed E-state index contributed by atoms with van der Waals surface area (Å²) in [6.07, 6.45) is -4.52. The number of rotatable bonds is 8. The first-order valence-electron chi connectivity index (χ1n) is 9.16. The van der Waals surface area contributed by atoms with Crippen molar-refractivity contribution < 1.29 is 22.7 Å². The van der Waals surface area contributed by atoms with Gasteiger partial charge in [0.1, 0.15) is 5.75 Å². The van der Waals surface area contributed by atoms with Gasteiger partial charge in [0.15, 0.2) is 0 Å². The number of alkyl halides is 3. The summed E-state index contributed by atoms with van der Waals surface area (Å²) in [6.45, 7) is 4.43. The summed E-state index contributed by atoms with van der Waals surface area (Å²) < 4.78 is 45.2. The van der Waals surface area contributed by atoms with E-state index in [0.29, 0.717) is 18.0 Å². The minimum Gasteiger partial charge on any atom is -0.492 e. The van der Waals surface area contributed by atoms with Crippen LogP contribution in [0.1, 0.15) is 28.4 Å². The fourth-order valence-corrected chi connectivity index (χ4v) is 3.77. The molecule has 0 saturated heterocycles. The highest BCUT2D eigenvalue weighted by Gasteiger charge is 2.33. The Labute approximate surface area is 173 Å². The maximum Gasteiger partial charge on any atom is 0.416 e. The number of anilines is 1. The lowest BCUT2D eigenvalue weighted by atomic mass is 10.0. The van der Waals surface area contributed by atoms with Gasteiger partial charge in [0.2, 0.25) is 0 Å². The third-order valence-corrected chi connectivity index (χ3v) is 5.17. The van der Waals surface area contributed by atoms with Gasteiger partial charge >= 0.3 is 6.18 Å². The Hall–Kier alpha value is -2.19. The lowest BCUT2D eigenvalue weighted by molar-refractivity contribution is -0.138. The van der Waals surface area contributed by atoms with Crippen molar-refractivity contribution in [1.29, 1.82) is 0 Å². The number of carbonyl (C=O) groups is 1. The van der Waals surface area contributed by atoms with Crippen LogP contribution in [0.3, 0.4) is 0 Å². The number of hydrogen-bond acceptors (Lipinski definition) is 4. The third-order valence-electron chi connectivity index (χ3n) is 4.13. The fourth-order valence-electron chi connectivity index (χ4n) is 2.62. The molecule has 0 radical (unpaired) electrons. The predicted molar refractivity (Wildman–Crippen MR) is 111 cm³/mol. The van der Waals surface area contributed by atoms with Crippen molar-refractivity contribution in [2.75, 3.05) is 38.3 Å². The lowest BCUT2D eigenvalue weighted by Gasteiger charge is -2.17. The van der Waals surface area contributed by atoms with E-state index in [2.05, 4.69) is 5.32 Å². The van der Waals surface area contributed by atoms with Gasteiger partial charge in [-0.3, -0.25) is 4.79 Å². The molecule has 2 aromatic rings. The van der Waals surface area contributed by atoms with Gasteiger partial charge in [0.25, 0.3) is 5.91 Å². The predicted octanol–water partition coefficient (Wildman–Crippen LogP) is 5.32. The van der Waals surface area contributed by atoms with E-state index in [9.17, 15) is 18.0 Å². The summed E-state index contributed by atoms with van der Waals surface area (Å²) in [5.41, 5.74) is -0.330. The maximum absolute atomic E-state index is 13.2. The SMILES string of the molecule is CCOc1cccc(SCCN(C)C)c1NC(=O)c1ccc(C)c(C(F)(F)F)c1. The molecular formula is C21H25F3N2O2S. The fraction of sp³-hybridized carbons (Fsp3) is 0.381. The molecule has 8 heteroatoms. The Morgan fingerprint density at radius 2 is 1.93 bits per heavy atom. The monoisotopic (exact) mass is 426 g/mol. The van der Waals surface area contributed by atoms with Crippen molar-refractivity contribution in [3.8, 4) is 5.75 Å². The van der Waals surface area contributed by atoms with Gasteiger partial charge in [-0.2, -0.15) is 13.2 Å². The number of thioether (sulfide) groups is 1. The van der Waals surface area contributed by atoms with E-state index in [1.54, 1.807) is 17.8 Å². The van der Waals surface area contributed by atoms with Gasteiger partial charge in [-0.05, 0) is 57.8 Å². The van der Waals surface area contributed by atoms with Crippen molar-refractivity contribution in [2.45, 2.75) is 24.9 Å². The molecule has 2 aromatic carbocycles. The van der Waals surface area contributed by atoms with Crippen LogP contribution >= 0.6 is 11.8 Å². The van der Waals surface area contributed by atoms with Crippen LogP contribution in [0.15, 0.2) is 41.3 Å². The number of nitrogens with one attached hydrogen (secondary N) is 1. The normalized spacial score (nSPS) is 11.6. The molecule has 0 bridgehead atoms. The van der Waals surface area contributed by atoms with Gasteiger partial charge in [0, 0.05) is 22.8 Å². The van der Waals surface area contributed by atoms with Crippen molar-refractivity contribution in [2.24, 2.45) is 0 Å². The molecule has 0 fully saturated rings. The summed E-state index contributed by atoms with van der Waals surface area (Å²) in [5, 5.41) is 2.75. The van der Waals surface area contributed by atoms with Gasteiger partial charge in [-0.25, -0.2) is 0 Å². The van der Waals surface area contributed by atoms with E-state index in [1.165, 1.54) is 19.1 Å². The molecule has 0 aliphatic rings. The topological polar surface area (TPSA) is 41.6 Å². The second-order valence-electron chi connectivity index (χ2n) is 6.70. The van der Waals surface area contributed by atoms with Gasteiger partial charge in [-0.1, -0.05) is 12.1 Å². The first kappa shape index (κ1) is 23.1. The second-order valence-corrected chi connectivity index (χ2v) is 7.83. The molecule has 0 spiro atoms. The molecule has 0 saturated carbocycles. The zero-order chi connectivity index (χ0) is 21.6. The van der Waals surface area contributed by atoms with Crippen molar-refractivity contribution >= 4 is 23.4 Å². The largest absolute Gasteiger partial charge is 0.492 e. The molecule has 1 N–H and O–H groups in total. The molecule has 0 unspecified atom stereocenters. The van der Waals surface area contributed by atoms with Crippen LogP contribution in [0, 0.1) is 6.92 Å². The number of nitrogens with zero attached hydrogens (tertiary/aromatic N) is 1. The summed E-state index contributed by atoms with van der Waals surface area (Å²) in [4.78, 5) is 15.6. The van der Waals surface area contributed by atoms with E-state index in [1.807, 2.05) is 38.1 Å². The second kappa shape index (κ2) is 10.0. The highest BCUT2D eigenvalue weighted by Crippen LogP contribution is 2.36. The van der Waals surface area contributed by atoms with Crippen LogP contribution < -0.4 is 10.1 Å². The van der Waals surface area contributed by atoms with Crippen LogP contribution in [-0.4, -0.2) is 43.8 Å². The molecule has 0 aliphatic heterocycles. The molecule has 4 nitrogen and oxygen atoms in total. The van der Waals surface area contributed by atoms with E-state index in [0.717, 1.165) is 23.3 Å². The Bertz CT molecular complexity index is 854. The molecule has 0 aromatic heterocycles. The van der Waals surface area contributed by atoms with Crippen LogP contribution in [-0.2, 0) is 6.18 Å². The summed E-state index contributed by atoms with van der Waals surface area (Å²) in [6, 6.07) is 8.99. The van der Waals surface area contributed by atoms with Gasteiger partial charge in [0.05, 0.1) is 17.9 Å².